The number of nitrogens with one attached hydrogen (secondary N) is 2. The second-order valence-corrected chi connectivity index (χ2v) is 10.1. The van der Waals surface area contributed by atoms with E-state index in [2.05, 4.69) is 26.7 Å². The van der Waals surface area contributed by atoms with E-state index in [-0.39, 0.29) is 24.8 Å². The van der Waals surface area contributed by atoms with Gasteiger partial charge in [0, 0.05) is 57.0 Å². The van der Waals surface area contributed by atoms with E-state index in [1.54, 1.807) is 22.7 Å². The predicted octanol–water partition coefficient (Wildman–Crippen LogP) is 3.55. The summed E-state index contributed by atoms with van der Waals surface area (Å²) >= 11 is 0. The number of anilines is 1. The number of benzene rings is 2. The Bertz CT molecular complexity index is 1500. The van der Waals surface area contributed by atoms with Gasteiger partial charge in [-0.3, -0.25) is 14.9 Å². The zero-order valence-corrected chi connectivity index (χ0v) is 22.8. The van der Waals surface area contributed by atoms with E-state index in [1.807, 2.05) is 62.6 Å². The molecule has 11 heteroatoms. The molecule has 0 aliphatic carbocycles. The van der Waals surface area contributed by atoms with Crippen LogP contribution in [0.1, 0.15) is 17.0 Å². The van der Waals surface area contributed by atoms with Crippen molar-refractivity contribution in [1.82, 2.24) is 29.8 Å². The van der Waals surface area contributed by atoms with Crippen molar-refractivity contribution in [3.8, 4) is 28.4 Å². The first kappa shape index (κ1) is 25.9. The predicted molar refractivity (Wildman–Crippen MR) is 150 cm³/mol. The van der Waals surface area contributed by atoms with E-state index < -0.39 is 0 Å². The van der Waals surface area contributed by atoms with Crippen LogP contribution in [-0.4, -0.2) is 76.7 Å². The van der Waals surface area contributed by atoms with Crippen molar-refractivity contribution in [3.05, 3.63) is 72.1 Å². The Balaban J connectivity index is 1.27. The minimum Gasteiger partial charge on any atom is -0.454 e. The van der Waals surface area contributed by atoms with Gasteiger partial charge in [-0.15, -0.1) is 0 Å². The van der Waals surface area contributed by atoms with Gasteiger partial charge in [-0.1, -0.05) is 24.3 Å². The number of rotatable bonds is 8. The fraction of sp³-hybridized carbons (Fsp3) is 0.345. The number of amides is 2. The highest BCUT2D eigenvalue weighted by molar-refractivity contribution is 5.91. The summed E-state index contributed by atoms with van der Waals surface area (Å²) in [5, 5.41) is 15.5. The van der Waals surface area contributed by atoms with Crippen molar-refractivity contribution >= 4 is 11.8 Å². The summed E-state index contributed by atoms with van der Waals surface area (Å²) in [5.74, 6) is 2.16. The lowest BCUT2D eigenvalue weighted by atomic mass is 9.94. The molecule has 2 amide bonds. The van der Waals surface area contributed by atoms with Crippen molar-refractivity contribution in [2.45, 2.75) is 18.9 Å². The molecule has 1 saturated heterocycles. The molecule has 0 bridgehead atoms. The van der Waals surface area contributed by atoms with Gasteiger partial charge in [-0.05, 0) is 36.8 Å². The number of urea groups is 1. The fourth-order valence-corrected chi connectivity index (χ4v) is 5.44. The first-order valence-corrected chi connectivity index (χ1v) is 13.3. The second-order valence-electron chi connectivity index (χ2n) is 10.1. The van der Waals surface area contributed by atoms with Gasteiger partial charge in [0.1, 0.15) is 11.5 Å². The molecule has 2 atom stereocenters. The summed E-state index contributed by atoms with van der Waals surface area (Å²) in [6.07, 6.45) is 3.69. The van der Waals surface area contributed by atoms with Gasteiger partial charge >= 0.3 is 6.03 Å². The number of likely N-dealkylation sites (tertiary alicyclic amines) is 1. The molecule has 6 rings (SSSR count). The molecular formula is C29H33N7O4. The van der Waals surface area contributed by atoms with Crippen LogP contribution in [0, 0.1) is 6.92 Å². The van der Waals surface area contributed by atoms with E-state index in [9.17, 15) is 4.79 Å². The molecule has 1 fully saturated rings. The van der Waals surface area contributed by atoms with Gasteiger partial charge < -0.3 is 19.5 Å². The first-order valence-electron chi connectivity index (χ1n) is 13.3. The molecule has 2 aromatic heterocycles. The SMILES string of the molecule is COCCN1C[C@@H](NC(=O)Nc2c(C)c(-c3cnn(C)c3)nn2-c2ccccc2)[C@H](c2ccc3c(c2)OCO3)C1. The van der Waals surface area contributed by atoms with Gasteiger partial charge in [-0.2, -0.15) is 10.2 Å². The normalized spacial score (nSPS) is 18.3. The molecule has 208 valence electrons. The van der Waals surface area contributed by atoms with Crippen LogP contribution in [0.2, 0.25) is 0 Å². The highest BCUT2D eigenvalue weighted by atomic mass is 16.7. The molecule has 4 heterocycles. The van der Waals surface area contributed by atoms with E-state index in [4.69, 9.17) is 19.3 Å². The smallest absolute Gasteiger partial charge is 0.320 e. The molecule has 2 aliphatic heterocycles. The molecule has 4 aromatic rings. The molecule has 2 N–H and O–H groups in total. The third kappa shape index (κ3) is 5.13. The maximum Gasteiger partial charge on any atom is 0.320 e. The lowest BCUT2D eigenvalue weighted by Crippen LogP contribution is -2.42. The van der Waals surface area contributed by atoms with Crippen LogP contribution >= 0.6 is 0 Å². The Morgan fingerprint density at radius 1 is 1.12 bits per heavy atom. The third-order valence-electron chi connectivity index (χ3n) is 7.48. The molecule has 0 unspecified atom stereocenters. The second kappa shape index (κ2) is 11.0. The number of methoxy groups -OCH3 is 1. The topological polar surface area (TPSA) is 108 Å². The Hall–Kier alpha value is -4.35. The summed E-state index contributed by atoms with van der Waals surface area (Å²) in [6.45, 7) is 5.09. The van der Waals surface area contributed by atoms with E-state index in [0.29, 0.717) is 19.0 Å². The molecule has 0 radical (unpaired) electrons. The summed E-state index contributed by atoms with van der Waals surface area (Å²) in [4.78, 5) is 15.9. The van der Waals surface area contributed by atoms with E-state index >= 15 is 0 Å². The van der Waals surface area contributed by atoms with Gasteiger partial charge in [-0.25, -0.2) is 9.48 Å². The van der Waals surface area contributed by atoms with Crippen LogP contribution in [0.15, 0.2) is 60.9 Å². The van der Waals surface area contributed by atoms with Gasteiger partial charge in [0.05, 0.1) is 24.5 Å². The average molecular weight is 544 g/mol. The quantitative estimate of drug-likeness (QED) is 0.350. The largest absolute Gasteiger partial charge is 0.454 e. The maximum absolute atomic E-state index is 13.6. The standard InChI is InChI=1S/C29H33N7O4/c1-19-27(21-14-30-34(2)15-21)33-36(22-7-5-4-6-8-22)28(19)32-29(37)31-24-17-35(11-12-38-3)16-23(24)20-9-10-25-26(13-20)40-18-39-25/h4-10,13-15,23-24H,11-12,16-18H2,1-3H3,(H2,31,32,37)/t23-,24+/m0/s1. The number of ether oxygens (including phenoxy) is 3. The molecule has 40 heavy (non-hydrogen) atoms. The minimum absolute atomic E-state index is 0.0724. The Morgan fingerprint density at radius 3 is 2.73 bits per heavy atom. The lowest BCUT2D eigenvalue weighted by molar-refractivity contribution is 0.159. The average Bonchev–Trinajstić information content (AvgIpc) is 3.75. The number of nitrogens with zero attached hydrogens (tertiary/aromatic N) is 5. The monoisotopic (exact) mass is 543 g/mol. The Morgan fingerprint density at radius 2 is 1.95 bits per heavy atom. The fourth-order valence-electron chi connectivity index (χ4n) is 5.44. The zero-order chi connectivity index (χ0) is 27.6. The minimum atomic E-state index is -0.290. The van der Waals surface area contributed by atoms with E-state index in [1.165, 1.54) is 0 Å². The van der Waals surface area contributed by atoms with Crippen molar-refractivity contribution < 1.29 is 19.0 Å². The molecule has 2 aromatic carbocycles. The van der Waals surface area contributed by atoms with Gasteiger partial charge in [0.15, 0.2) is 11.5 Å². The Kier molecular flexibility index (Phi) is 7.14. The number of carbonyl (C=O) groups excluding carboxylic acids is 1. The summed E-state index contributed by atoms with van der Waals surface area (Å²) in [7, 11) is 3.57. The van der Waals surface area contributed by atoms with Crippen LogP contribution in [0.5, 0.6) is 11.5 Å². The molecular weight excluding hydrogens is 510 g/mol. The van der Waals surface area contributed by atoms with E-state index in [0.717, 1.165) is 52.7 Å². The molecule has 11 nitrogen and oxygen atoms in total. The van der Waals surface area contributed by atoms with Gasteiger partial charge in [0.2, 0.25) is 6.79 Å². The third-order valence-corrected chi connectivity index (χ3v) is 7.48. The molecule has 0 spiro atoms. The number of carbonyl (C=O) groups is 1. The van der Waals surface area contributed by atoms with Crippen LogP contribution < -0.4 is 20.1 Å². The summed E-state index contributed by atoms with van der Waals surface area (Å²) in [5.41, 5.74) is 4.44. The van der Waals surface area contributed by atoms with Crippen LogP contribution in [0.3, 0.4) is 0 Å². The highest BCUT2D eigenvalue weighted by Gasteiger charge is 2.36. The number of aryl methyl sites for hydroxylation is 1. The summed E-state index contributed by atoms with van der Waals surface area (Å²) in [6, 6.07) is 15.4. The number of para-hydroxylation sites is 1. The van der Waals surface area contributed by atoms with Crippen molar-refractivity contribution in [3.63, 3.8) is 0 Å². The van der Waals surface area contributed by atoms with Crippen molar-refractivity contribution in [1.29, 1.82) is 0 Å². The first-order chi connectivity index (χ1) is 19.5. The Labute approximate surface area is 232 Å². The van der Waals surface area contributed by atoms with Crippen molar-refractivity contribution in [2.75, 3.05) is 45.5 Å². The van der Waals surface area contributed by atoms with Crippen LogP contribution in [-0.2, 0) is 11.8 Å². The molecule has 2 aliphatic rings. The lowest BCUT2D eigenvalue weighted by Gasteiger charge is -2.21. The number of hydrogen-bond acceptors (Lipinski definition) is 7. The maximum atomic E-state index is 13.6. The number of hydrogen-bond donors (Lipinski definition) is 2. The van der Waals surface area contributed by atoms with Crippen LogP contribution in [0.4, 0.5) is 10.6 Å². The van der Waals surface area contributed by atoms with Crippen LogP contribution in [0.25, 0.3) is 16.9 Å². The number of aromatic nitrogens is 4. The van der Waals surface area contributed by atoms with Gasteiger partial charge in [0.25, 0.3) is 0 Å². The highest BCUT2D eigenvalue weighted by Crippen LogP contribution is 2.37. The molecule has 0 saturated carbocycles. The van der Waals surface area contributed by atoms with Crippen molar-refractivity contribution in [2.24, 2.45) is 7.05 Å². The number of fused-ring (bicyclic) bond motifs is 1. The summed E-state index contributed by atoms with van der Waals surface area (Å²) < 4.78 is 19.9. The zero-order valence-electron chi connectivity index (χ0n) is 22.8.